The average molecular weight is 416 g/mol. The van der Waals surface area contributed by atoms with Crippen LogP contribution in [0.4, 0.5) is 0 Å². The number of aliphatic imine (C=N–C) groups is 1. The molecule has 124 valence electrons. The Kier molecular flexibility index (Phi) is 8.78. The van der Waals surface area contributed by atoms with Crippen LogP contribution in [0.2, 0.25) is 0 Å². The van der Waals surface area contributed by atoms with E-state index < -0.39 is 0 Å². The van der Waals surface area contributed by atoms with Gasteiger partial charge in [0.15, 0.2) is 5.96 Å². The molecule has 1 atom stereocenters. The number of likely N-dealkylation sites (tertiary alicyclic amines) is 1. The number of nitrogens with zero attached hydrogens (tertiary/aromatic N) is 2. The van der Waals surface area contributed by atoms with Gasteiger partial charge in [-0.3, -0.25) is 0 Å². The zero-order valence-electron chi connectivity index (χ0n) is 13.9. The predicted molar refractivity (Wildman–Crippen MR) is 105 cm³/mol. The highest BCUT2D eigenvalue weighted by Gasteiger charge is 2.20. The molecule has 1 heterocycles. The van der Waals surface area contributed by atoms with Crippen molar-refractivity contribution in [1.82, 2.24) is 15.5 Å². The van der Waals surface area contributed by atoms with Crippen LogP contribution in [0.3, 0.4) is 0 Å². The van der Waals surface area contributed by atoms with Crippen LogP contribution in [0.15, 0.2) is 29.3 Å². The number of benzene rings is 1. The fraction of sp³-hybridized carbons (Fsp3) is 0.588. The Labute approximate surface area is 151 Å². The van der Waals surface area contributed by atoms with E-state index >= 15 is 0 Å². The average Bonchev–Trinajstić information content (AvgIpc) is 2.89. The molecule has 22 heavy (non-hydrogen) atoms. The van der Waals surface area contributed by atoms with Crippen molar-refractivity contribution in [3.05, 3.63) is 35.4 Å². The van der Waals surface area contributed by atoms with Gasteiger partial charge in [0.25, 0.3) is 0 Å². The zero-order valence-corrected chi connectivity index (χ0v) is 16.3. The third kappa shape index (κ3) is 6.12. The van der Waals surface area contributed by atoms with Crippen LogP contribution in [0, 0.1) is 6.92 Å². The Morgan fingerprint density at radius 2 is 2.00 bits per heavy atom. The van der Waals surface area contributed by atoms with Gasteiger partial charge in [0.1, 0.15) is 0 Å². The highest BCUT2D eigenvalue weighted by molar-refractivity contribution is 14.0. The molecule has 1 aliphatic heterocycles. The summed E-state index contributed by atoms with van der Waals surface area (Å²) in [7, 11) is 2.20. The maximum absolute atomic E-state index is 4.68. The second-order valence-corrected chi connectivity index (χ2v) is 5.84. The lowest BCUT2D eigenvalue weighted by Gasteiger charge is -2.21. The van der Waals surface area contributed by atoms with Gasteiger partial charge in [-0.1, -0.05) is 29.8 Å². The standard InChI is InChI=1S/C17H28N4.HI/c1-4-18-17(20-13-16-6-5-11-21(16)3)19-12-15-9-7-14(2)8-10-15;/h7-10,16H,4-6,11-13H2,1-3H3,(H2,18,19,20);1H. The van der Waals surface area contributed by atoms with E-state index in [2.05, 4.69) is 65.7 Å². The van der Waals surface area contributed by atoms with Crippen LogP contribution in [0.1, 0.15) is 30.9 Å². The molecule has 0 radical (unpaired) electrons. The molecule has 5 heteroatoms. The summed E-state index contributed by atoms with van der Waals surface area (Å²) in [5, 5.41) is 6.80. The van der Waals surface area contributed by atoms with Crippen molar-refractivity contribution in [3.63, 3.8) is 0 Å². The molecule has 1 unspecified atom stereocenters. The molecular formula is C17H29IN4. The minimum atomic E-state index is 0. The third-order valence-corrected chi connectivity index (χ3v) is 4.06. The first-order valence-electron chi connectivity index (χ1n) is 7.97. The molecule has 0 amide bonds. The van der Waals surface area contributed by atoms with Crippen LogP contribution in [-0.2, 0) is 6.54 Å². The van der Waals surface area contributed by atoms with Crippen molar-refractivity contribution in [3.8, 4) is 0 Å². The van der Waals surface area contributed by atoms with Crippen LogP contribution >= 0.6 is 24.0 Å². The first-order chi connectivity index (χ1) is 10.2. The van der Waals surface area contributed by atoms with Crippen LogP contribution in [-0.4, -0.2) is 43.6 Å². The summed E-state index contributed by atoms with van der Waals surface area (Å²) in [6.45, 7) is 8.00. The lowest BCUT2D eigenvalue weighted by Crippen LogP contribution is -2.44. The third-order valence-electron chi connectivity index (χ3n) is 4.06. The molecule has 0 spiro atoms. The van der Waals surface area contributed by atoms with Crippen LogP contribution < -0.4 is 10.6 Å². The number of hydrogen-bond donors (Lipinski definition) is 2. The Morgan fingerprint density at radius 3 is 2.59 bits per heavy atom. The fourth-order valence-corrected chi connectivity index (χ4v) is 2.66. The van der Waals surface area contributed by atoms with Gasteiger partial charge in [-0.25, -0.2) is 4.99 Å². The second-order valence-electron chi connectivity index (χ2n) is 5.84. The van der Waals surface area contributed by atoms with Crippen LogP contribution in [0.5, 0.6) is 0 Å². The lowest BCUT2D eigenvalue weighted by molar-refractivity contribution is 0.309. The fourth-order valence-electron chi connectivity index (χ4n) is 2.66. The van der Waals surface area contributed by atoms with E-state index in [1.165, 1.54) is 30.5 Å². The molecule has 2 rings (SSSR count). The summed E-state index contributed by atoms with van der Waals surface area (Å²) in [5.74, 6) is 0.915. The molecule has 0 aliphatic carbocycles. The quantitative estimate of drug-likeness (QED) is 0.441. The van der Waals surface area contributed by atoms with E-state index in [-0.39, 0.29) is 24.0 Å². The first kappa shape index (κ1) is 19.2. The number of rotatable bonds is 5. The Hall–Kier alpha value is -0.820. The van der Waals surface area contributed by atoms with Gasteiger partial charge < -0.3 is 15.5 Å². The van der Waals surface area contributed by atoms with Crippen molar-refractivity contribution in [2.75, 3.05) is 26.7 Å². The predicted octanol–water partition coefficient (Wildman–Crippen LogP) is 2.76. The Morgan fingerprint density at radius 1 is 1.27 bits per heavy atom. The Bertz CT molecular complexity index is 458. The maximum atomic E-state index is 4.68. The van der Waals surface area contributed by atoms with E-state index in [0.717, 1.165) is 25.6 Å². The smallest absolute Gasteiger partial charge is 0.191 e. The van der Waals surface area contributed by atoms with Crippen LogP contribution in [0.25, 0.3) is 0 Å². The van der Waals surface area contributed by atoms with Gasteiger partial charge in [-0.05, 0) is 45.8 Å². The largest absolute Gasteiger partial charge is 0.357 e. The van der Waals surface area contributed by atoms with Gasteiger partial charge in [0.05, 0.1) is 6.54 Å². The molecule has 1 saturated heterocycles. The van der Waals surface area contributed by atoms with Gasteiger partial charge in [0, 0.05) is 19.1 Å². The molecule has 1 aromatic carbocycles. The summed E-state index contributed by atoms with van der Waals surface area (Å²) >= 11 is 0. The molecule has 1 aromatic rings. The molecular weight excluding hydrogens is 387 g/mol. The highest BCUT2D eigenvalue weighted by atomic mass is 127. The highest BCUT2D eigenvalue weighted by Crippen LogP contribution is 2.13. The van der Waals surface area contributed by atoms with Gasteiger partial charge in [-0.2, -0.15) is 0 Å². The monoisotopic (exact) mass is 416 g/mol. The summed E-state index contributed by atoms with van der Waals surface area (Å²) < 4.78 is 0. The van der Waals surface area contributed by atoms with Gasteiger partial charge in [0.2, 0.25) is 0 Å². The number of guanidine groups is 1. The van der Waals surface area contributed by atoms with Crippen molar-refractivity contribution in [2.24, 2.45) is 4.99 Å². The maximum Gasteiger partial charge on any atom is 0.191 e. The molecule has 1 fully saturated rings. The van der Waals surface area contributed by atoms with E-state index in [0.29, 0.717) is 6.04 Å². The summed E-state index contributed by atoms with van der Waals surface area (Å²) in [4.78, 5) is 7.10. The van der Waals surface area contributed by atoms with E-state index in [9.17, 15) is 0 Å². The molecule has 4 nitrogen and oxygen atoms in total. The molecule has 0 bridgehead atoms. The van der Waals surface area contributed by atoms with E-state index in [1.54, 1.807) is 0 Å². The lowest BCUT2D eigenvalue weighted by atomic mass is 10.1. The zero-order chi connectivity index (χ0) is 15.1. The minimum Gasteiger partial charge on any atom is -0.357 e. The summed E-state index contributed by atoms with van der Waals surface area (Å²) in [6, 6.07) is 9.20. The van der Waals surface area contributed by atoms with E-state index in [4.69, 9.17) is 0 Å². The SMILES string of the molecule is CCNC(=NCc1ccc(C)cc1)NCC1CCCN1C.I. The number of likely N-dealkylation sites (N-methyl/N-ethyl adjacent to an activating group) is 1. The minimum absolute atomic E-state index is 0. The topological polar surface area (TPSA) is 39.7 Å². The first-order valence-corrected chi connectivity index (χ1v) is 7.97. The number of aryl methyl sites for hydroxylation is 1. The van der Waals surface area contributed by atoms with Crippen molar-refractivity contribution in [1.29, 1.82) is 0 Å². The van der Waals surface area contributed by atoms with Gasteiger partial charge >= 0.3 is 0 Å². The van der Waals surface area contributed by atoms with Crippen molar-refractivity contribution >= 4 is 29.9 Å². The number of hydrogen-bond acceptors (Lipinski definition) is 2. The van der Waals surface area contributed by atoms with Crippen molar-refractivity contribution < 1.29 is 0 Å². The molecule has 1 aliphatic rings. The van der Waals surface area contributed by atoms with Gasteiger partial charge in [-0.15, -0.1) is 24.0 Å². The molecule has 0 saturated carbocycles. The normalized spacial score (nSPS) is 18.9. The summed E-state index contributed by atoms with van der Waals surface area (Å²) in [5.41, 5.74) is 2.54. The summed E-state index contributed by atoms with van der Waals surface area (Å²) in [6.07, 6.45) is 2.58. The number of halogens is 1. The number of nitrogens with one attached hydrogen (secondary N) is 2. The Balaban J connectivity index is 0.00000242. The molecule has 2 N–H and O–H groups in total. The van der Waals surface area contributed by atoms with Crippen molar-refractivity contribution in [2.45, 2.75) is 39.3 Å². The van der Waals surface area contributed by atoms with E-state index in [1.807, 2.05) is 0 Å². The second kappa shape index (κ2) is 10.0. The molecule has 0 aromatic heterocycles.